The lowest BCUT2D eigenvalue weighted by Crippen LogP contribution is -2.42. The highest BCUT2D eigenvalue weighted by Gasteiger charge is 2.38. The van der Waals surface area contributed by atoms with Crippen LogP contribution in [0.1, 0.15) is 22.9 Å². The minimum absolute atomic E-state index is 0.221. The minimum atomic E-state index is -3.83. The first-order valence-electron chi connectivity index (χ1n) is 10.5. The zero-order valence-corrected chi connectivity index (χ0v) is 20.2. The predicted molar refractivity (Wildman–Crippen MR) is 124 cm³/mol. The maximum absolute atomic E-state index is 13.9. The first kappa shape index (κ1) is 23.0. The summed E-state index contributed by atoms with van der Waals surface area (Å²) >= 11 is 0. The second-order valence-electron chi connectivity index (χ2n) is 7.73. The van der Waals surface area contributed by atoms with Gasteiger partial charge in [-0.25, -0.2) is 8.42 Å². The average Bonchev–Trinajstić information content (AvgIpc) is 3.31. The Hall–Kier alpha value is -3.17. The van der Waals surface area contributed by atoms with Crippen molar-refractivity contribution in [3.63, 3.8) is 0 Å². The first-order chi connectivity index (χ1) is 15.8. The first-order valence-corrected chi connectivity index (χ1v) is 11.9. The zero-order chi connectivity index (χ0) is 23.8. The van der Waals surface area contributed by atoms with E-state index < -0.39 is 16.1 Å². The molecule has 0 fully saturated rings. The van der Waals surface area contributed by atoms with Gasteiger partial charge in [-0.05, 0) is 60.5 Å². The van der Waals surface area contributed by atoms with Gasteiger partial charge in [0, 0.05) is 25.0 Å². The Morgan fingerprint density at radius 3 is 2.09 bits per heavy atom. The lowest BCUT2D eigenvalue weighted by Gasteiger charge is -2.36. The van der Waals surface area contributed by atoms with Crippen LogP contribution in [0.2, 0.25) is 0 Å². The Bertz CT molecular complexity index is 1240. The molecule has 2 heterocycles. The van der Waals surface area contributed by atoms with E-state index in [1.54, 1.807) is 51.7 Å². The summed E-state index contributed by atoms with van der Waals surface area (Å²) in [7, 11) is 2.35. The number of aromatic nitrogens is 1. The van der Waals surface area contributed by atoms with Gasteiger partial charge in [-0.1, -0.05) is 0 Å². The molecule has 4 rings (SSSR count). The summed E-state index contributed by atoms with van der Waals surface area (Å²) in [5, 5.41) is 0. The van der Waals surface area contributed by atoms with E-state index in [2.05, 4.69) is 4.57 Å². The average molecular weight is 473 g/mol. The van der Waals surface area contributed by atoms with E-state index in [-0.39, 0.29) is 4.90 Å². The number of ether oxygens (including phenoxy) is 4. The molecular weight excluding hydrogens is 444 g/mol. The molecule has 0 spiro atoms. The summed E-state index contributed by atoms with van der Waals surface area (Å²) in [5.74, 6) is 2.03. The van der Waals surface area contributed by atoms with Crippen LogP contribution in [0.4, 0.5) is 0 Å². The molecule has 1 aromatic heterocycles. The summed E-state index contributed by atoms with van der Waals surface area (Å²) in [5.41, 5.74) is 2.34. The molecule has 0 unspecified atom stereocenters. The third-order valence-electron chi connectivity index (χ3n) is 5.97. The van der Waals surface area contributed by atoms with Crippen molar-refractivity contribution in [3.8, 4) is 23.0 Å². The molecule has 0 bridgehead atoms. The lowest BCUT2D eigenvalue weighted by molar-refractivity contribution is 0.293. The SMILES string of the molecule is COc1ccc(S(=O)(=O)N2CCn3cccc3[C@H]2c2cc(OC)c(OC)c(OC)c2)cc1C. The fourth-order valence-corrected chi connectivity index (χ4v) is 6.03. The summed E-state index contributed by atoms with van der Waals surface area (Å²) in [6.07, 6.45) is 1.96. The van der Waals surface area contributed by atoms with Gasteiger partial charge >= 0.3 is 0 Å². The van der Waals surface area contributed by atoms with Gasteiger partial charge < -0.3 is 23.5 Å². The molecule has 33 heavy (non-hydrogen) atoms. The second-order valence-corrected chi connectivity index (χ2v) is 9.63. The molecule has 0 saturated heterocycles. The van der Waals surface area contributed by atoms with Crippen LogP contribution in [0.3, 0.4) is 0 Å². The number of fused-ring (bicyclic) bond motifs is 1. The molecule has 1 atom stereocenters. The summed E-state index contributed by atoms with van der Waals surface area (Å²) in [6.45, 7) is 2.70. The van der Waals surface area contributed by atoms with Crippen molar-refractivity contribution in [1.29, 1.82) is 0 Å². The van der Waals surface area contributed by atoms with Crippen molar-refractivity contribution >= 4 is 10.0 Å². The van der Waals surface area contributed by atoms with Gasteiger partial charge in [0.05, 0.1) is 39.4 Å². The highest BCUT2D eigenvalue weighted by atomic mass is 32.2. The molecule has 1 aliphatic heterocycles. The molecule has 0 radical (unpaired) electrons. The van der Waals surface area contributed by atoms with Gasteiger partial charge in [0.2, 0.25) is 15.8 Å². The smallest absolute Gasteiger partial charge is 0.244 e. The van der Waals surface area contributed by atoms with Crippen molar-refractivity contribution in [1.82, 2.24) is 8.87 Å². The van der Waals surface area contributed by atoms with E-state index in [4.69, 9.17) is 18.9 Å². The summed E-state index contributed by atoms with van der Waals surface area (Å²) < 4.78 is 53.2. The summed E-state index contributed by atoms with van der Waals surface area (Å²) in [4.78, 5) is 0.221. The predicted octanol–water partition coefficient (Wildman–Crippen LogP) is 3.62. The lowest BCUT2D eigenvalue weighted by atomic mass is 10.0. The Labute approximate surface area is 194 Å². The van der Waals surface area contributed by atoms with Crippen LogP contribution in [0, 0.1) is 6.92 Å². The highest BCUT2D eigenvalue weighted by Crippen LogP contribution is 2.44. The van der Waals surface area contributed by atoms with E-state index in [0.717, 1.165) is 16.8 Å². The highest BCUT2D eigenvalue weighted by molar-refractivity contribution is 7.89. The van der Waals surface area contributed by atoms with Gasteiger partial charge in [-0.15, -0.1) is 0 Å². The fraction of sp³-hybridized carbons (Fsp3) is 0.333. The maximum atomic E-state index is 13.9. The molecule has 0 amide bonds. The molecular formula is C24H28N2O6S. The molecule has 3 aromatic rings. The van der Waals surface area contributed by atoms with Crippen molar-refractivity contribution in [3.05, 3.63) is 65.5 Å². The monoisotopic (exact) mass is 472 g/mol. The Morgan fingerprint density at radius 2 is 1.52 bits per heavy atom. The van der Waals surface area contributed by atoms with Crippen molar-refractivity contribution in [2.75, 3.05) is 35.0 Å². The molecule has 0 saturated carbocycles. The van der Waals surface area contributed by atoms with Gasteiger partial charge in [0.15, 0.2) is 11.5 Å². The van der Waals surface area contributed by atoms with Crippen LogP contribution < -0.4 is 18.9 Å². The normalized spacial score (nSPS) is 16.2. The van der Waals surface area contributed by atoms with E-state index in [0.29, 0.717) is 36.1 Å². The van der Waals surface area contributed by atoms with Crippen molar-refractivity contribution in [2.45, 2.75) is 24.4 Å². The molecule has 8 nitrogen and oxygen atoms in total. The number of aryl methyl sites for hydroxylation is 1. The fourth-order valence-electron chi connectivity index (χ4n) is 4.36. The quantitative estimate of drug-likeness (QED) is 0.523. The van der Waals surface area contributed by atoms with Crippen LogP contribution in [0.25, 0.3) is 0 Å². The molecule has 9 heteroatoms. The van der Waals surface area contributed by atoms with Crippen LogP contribution in [0.5, 0.6) is 23.0 Å². The number of nitrogens with zero attached hydrogens (tertiary/aromatic N) is 2. The number of methoxy groups -OCH3 is 4. The topological polar surface area (TPSA) is 79.2 Å². The Morgan fingerprint density at radius 1 is 0.848 bits per heavy atom. The number of sulfonamides is 1. The van der Waals surface area contributed by atoms with Gasteiger partial charge in [0.1, 0.15) is 5.75 Å². The Kier molecular flexibility index (Phi) is 6.27. The zero-order valence-electron chi connectivity index (χ0n) is 19.4. The Balaban J connectivity index is 1.89. The van der Waals surface area contributed by atoms with Gasteiger partial charge in [0.25, 0.3) is 0 Å². The van der Waals surface area contributed by atoms with Gasteiger partial charge in [-0.3, -0.25) is 0 Å². The van der Waals surface area contributed by atoms with E-state index in [1.807, 2.05) is 25.3 Å². The van der Waals surface area contributed by atoms with Crippen LogP contribution in [0.15, 0.2) is 53.6 Å². The molecule has 176 valence electrons. The van der Waals surface area contributed by atoms with E-state index >= 15 is 0 Å². The molecule has 1 aliphatic rings. The number of benzene rings is 2. The number of hydrogen-bond donors (Lipinski definition) is 0. The molecule has 0 N–H and O–H groups in total. The standard InChI is InChI=1S/C24H28N2O6S/c1-16-13-18(8-9-20(16)29-2)33(27,28)26-12-11-25-10-6-7-19(25)23(26)17-14-21(30-3)24(32-5)22(15-17)31-4/h6-10,13-15,23H,11-12H2,1-5H3/t23-/m1/s1. The van der Waals surface area contributed by atoms with E-state index in [1.165, 1.54) is 11.4 Å². The summed E-state index contributed by atoms with van der Waals surface area (Å²) in [6, 6.07) is 11.8. The van der Waals surface area contributed by atoms with Crippen LogP contribution in [-0.2, 0) is 16.6 Å². The molecule has 0 aliphatic carbocycles. The molecule has 2 aromatic carbocycles. The van der Waals surface area contributed by atoms with Gasteiger partial charge in [-0.2, -0.15) is 4.31 Å². The number of hydrogen-bond acceptors (Lipinski definition) is 6. The van der Waals surface area contributed by atoms with Crippen LogP contribution >= 0.6 is 0 Å². The minimum Gasteiger partial charge on any atom is -0.496 e. The van der Waals surface area contributed by atoms with Crippen molar-refractivity contribution < 1.29 is 27.4 Å². The van der Waals surface area contributed by atoms with Crippen molar-refractivity contribution in [2.24, 2.45) is 0 Å². The third-order valence-corrected chi connectivity index (χ3v) is 7.83. The number of rotatable bonds is 7. The van der Waals surface area contributed by atoms with Crippen LogP contribution in [-0.4, -0.2) is 52.3 Å². The second kappa shape index (κ2) is 8.99. The third kappa shape index (κ3) is 3.91. The largest absolute Gasteiger partial charge is 0.496 e. The van der Waals surface area contributed by atoms with E-state index in [9.17, 15) is 8.42 Å². The maximum Gasteiger partial charge on any atom is 0.244 e.